The number of amides is 1. The van der Waals surface area contributed by atoms with Crippen LogP contribution in [-0.4, -0.2) is 22.3 Å². The molecule has 1 unspecified atom stereocenters. The summed E-state index contributed by atoms with van der Waals surface area (Å²) < 4.78 is 13.5. The third-order valence-electron chi connectivity index (χ3n) is 4.45. The van der Waals surface area contributed by atoms with Gasteiger partial charge in [-0.3, -0.25) is 14.9 Å². The third-order valence-corrected chi connectivity index (χ3v) is 4.45. The molecule has 1 aliphatic rings. The minimum Gasteiger partial charge on any atom is -0.332 e. The van der Waals surface area contributed by atoms with Gasteiger partial charge >= 0.3 is 0 Å². The lowest BCUT2D eigenvalue weighted by Gasteiger charge is -2.34. The van der Waals surface area contributed by atoms with Gasteiger partial charge in [-0.25, -0.2) is 4.39 Å². The van der Waals surface area contributed by atoms with Crippen molar-refractivity contribution in [2.45, 2.75) is 19.4 Å². The summed E-state index contributed by atoms with van der Waals surface area (Å²) in [5, 5.41) is 10.6. The van der Waals surface area contributed by atoms with Gasteiger partial charge in [0.05, 0.1) is 11.0 Å². The summed E-state index contributed by atoms with van der Waals surface area (Å²) in [5.41, 5.74) is 2.61. The number of hydrogen-bond donors (Lipinski definition) is 0. The molecule has 0 radical (unpaired) electrons. The molecule has 0 bridgehead atoms. The molecule has 2 aromatic carbocycles. The molecule has 0 saturated heterocycles. The summed E-state index contributed by atoms with van der Waals surface area (Å²) >= 11 is 0. The molecule has 3 rings (SSSR count). The van der Waals surface area contributed by atoms with Gasteiger partial charge in [-0.05, 0) is 60.4 Å². The van der Waals surface area contributed by atoms with Gasteiger partial charge in [-0.1, -0.05) is 6.07 Å². The SMILES string of the molecule is CC1c2cc(F)ccc2CCN1C(=O)/C=C/c1ccc([N+](=O)[O-])cc1. The Kier molecular flexibility index (Phi) is 4.61. The fraction of sp³-hybridized carbons (Fsp3) is 0.211. The summed E-state index contributed by atoms with van der Waals surface area (Å²) in [4.78, 5) is 24.4. The highest BCUT2D eigenvalue weighted by Gasteiger charge is 2.26. The van der Waals surface area contributed by atoms with Gasteiger partial charge in [0.2, 0.25) is 5.91 Å². The largest absolute Gasteiger partial charge is 0.332 e. The second-order valence-electron chi connectivity index (χ2n) is 5.98. The lowest BCUT2D eigenvalue weighted by atomic mass is 9.93. The highest BCUT2D eigenvalue weighted by Crippen LogP contribution is 2.30. The van der Waals surface area contributed by atoms with Crippen LogP contribution in [0.25, 0.3) is 6.08 Å². The second kappa shape index (κ2) is 6.84. The maximum Gasteiger partial charge on any atom is 0.269 e. The van der Waals surface area contributed by atoms with Crippen molar-refractivity contribution >= 4 is 17.7 Å². The van der Waals surface area contributed by atoms with Crippen molar-refractivity contribution in [2.24, 2.45) is 0 Å². The molecule has 5 nitrogen and oxygen atoms in total. The fourth-order valence-electron chi connectivity index (χ4n) is 3.06. The van der Waals surface area contributed by atoms with E-state index in [9.17, 15) is 19.3 Å². The first kappa shape index (κ1) is 16.8. The van der Waals surface area contributed by atoms with Crippen molar-refractivity contribution in [1.82, 2.24) is 4.90 Å². The molecule has 128 valence electrons. The second-order valence-corrected chi connectivity index (χ2v) is 5.98. The van der Waals surface area contributed by atoms with Gasteiger partial charge in [0.25, 0.3) is 5.69 Å². The molecule has 1 heterocycles. The number of benzene rings is 2. The predicted molar refractivity (Wildman–Crippen MR) is 92.4 cm³/mol. The van der Waals surface area contributed by atoms with Crippen LogP contribution in [-0.2, 0) is 11.2 Å². The van der Waals surface area contributed by atoms with E-state index in [2.05, 4.69) is 0 Å². The number of nitro groups is 1. The van der Waals surface area contributed by atoms with Gasteiger partial charge in [0, 0.05) is 24.8 Å². The van der Waals surface area contributed by atoms with E-state index >= 15 is 0 Å². The summed E-state index contributed by atoms with van der Waals surface area (Å²) in [6.45, 7) is 2.46. The van der Waals surface area contributed by atoms with Crippen LogP contribution >= 0.6 is 0 Å². The van der Waals surface area contributed by atoms with E-state index in [0.717, 1.165) is 11.1 Å². The van der Waals surface area contributed by atoms with Crippen LogP contribution in [0.3, 0.4) is 0 Å². The Morgan fingerprint density at radius 1 is 1.28 bits per heavy atom. The smallest absolute Gasteiger partial charge is 0.269 e. The highest BCUT2D eigenvalue weighted by molar-refractivity contribution is 5.92. The fourth-order valence-corrected chi connectivity index (χ4v) is 3.06. The molecular weight excluding hydrogens is 323 g/mol. The van der Waals surface area contributed by atoms with Crippen molar-refractivity contribution in [3.8, 4) is 0 Å². The number of rotatable bonds is 3. The summed E-state index contributed by atoms with van der Waals surface area (Å²) in [6, 6.07) is 10.5. The normalized spacial score (nSPS) is 16.7. The monoisotopic (exact) mass is 340 g/mol. The number of nitro benzene ring substituents is 1. The molecule has 1 aliphatic heterocycles. The highest BCUT2D eigenvalue weighted by atomic mass is 19.1. The number of hydrogen-bond acceptors (Lipinski definition) is 3. The molecule has 1 amide bonds. The van der Waals surface area contributed by atoms with Gasteiger partial charge in [-0.15, -0.1) is 0 Å². The minimum absolute atomic E-state index is 0.00626. The molecule has 0 aromatic heterocycles. The molecule has 1 atom stereocenters. The lowest BCUT2D eigenvalue weighted by molar-refractivity contribution is -0.384. The maximum atomic E-state index is 13.5. The Balaban J connectivity index is 1.74. The number of non-ortho nitro benzene ring substituents is 1. The van der Waals surface area contributed by atoms with E-state index in [1.165, 1.54) is 30.3 Å². The van der Waals surface area contributed by atoms with Crippen LogP contribution in [0.1, 0.15) is 29.7 Å². The van der Waals surface area contributed by atoms with Crippen molar-refractivity contribution in [2.75, 3.05) is 6.54 Å². The molecule has 0 N–H and O–H groups in total. The van der Waals surface area contributed by atoms with Gasteiger partial charge in [0.1, 0.15) is 5.82 Å². The van der Waals surface area contributed by atoms with Crippen LogP contribution in [0.4, 0.5) is 10.1 Å². The van der Waals surface area contributed by atoms with Crippen LogP contribution in [0.5, 0.6) is 0 Å². The van der Waals surface area contributed by atoms with E-state index in [-0.39, 0.29) is 23.5 Å². The number of halogens is 1. The van der Waals surface area contributed by atoms with Crippen molar-refractivity contribution in [1.29, 1.82) is 0 Å². The van der Waals surface area contributed by atoms with Crippen LogP contribution in [0.15, 0.2) is 48.5 Å². The minimum atomic E-state index is -0.468. The van der Waals surface area contributed by atoms with E-state index in [1.807, 2.05) is 6.92 Å². The summed E-state index contributed by atoms with van der Waals surface area (Å²) in [5.74, 6) is -0.470. The summed E-state index contributed by atoms with van der Waals surface area (Å²) in [7, 11) is 0. The van der Waals surface area contributed by atoms with Crippen LogP contribution in [0.2, 0.25) is 0 Å². The Bertz CT molecular complexity index is 846. The average Bonchev–Trinajstić information content (AvgIpc) is 2.61. The topological polar surface area (TPSA) is 63.5 Å². The van der Waals surface area contributed by atoms with Crippen LogP contribution in [0, 0.1) is 15.9 Å². The Hall–Kier alpha value is -3.02. The first-order valence-electron chi connectivity index (χ1n) is 7.97. The number of fused-ring (bicyclic) bond motifs is 1. The lowest BCUT2D eigenvalue weighted by Crippen LogP contribution is -2.37. The number of nitrogens with zero attached hydrogens (tertiary/aromatic N) is 2. The number of carbonyl (C=O) groups excluding carboxylic acids is 1. The molecule has 2 aromatic rings. The molecule has 0 spiro atoms. The Morgan fingerprint density at radius 3 is 2.68 bits per heavy atom. The van der Waals surface area contributed by atoms with Crippen LogP contribution < -0.4 is 0 Å². The predicted octanol–water partition coefficient (Wildman–Crippen LogP) is 3.89. The van der Waals surface area contributed by atoms with E-state index in [0.29, 0.717) is 18.5 Å². The molecule has 0 aliphatic carbocycles. The molecule has 0 fully saturated rings. The molecular formula is C19H17FN2O3. The maximum absolute atomic E-state index is 13.5. The molecule has 6 heteroatoms. The first-order valence-corrected chi connectivity index (χ1v) is 7.97. The van der Waals surface area contributed by atoms with Crippen molar-refractivity contribution < 1.29 is 14.1 Å². The Labute approximate surface area is 144 Å². The first-order chi connectivity index (χ1) is 12.0. The number of carbonyl (C=O) groups is 1. The zero-order valence-corrected chi connectivity index (χ0v) is 13.7. The van der Waals surface area contributed by atoms with Gasteiger partial charge < -0.3 is 4.90 Å². The van der Waals surface area contributed by atoms with Crippen molar-refractivity contribution in [3.05, 3.63) is 81.2 Å². The van der Waals surface area contributed by atoms with E-state index in [1.54, 1.807) is 29.2 Å². The van der Waals surface area contributed by atoms with E-state index in [4.69, 9.17) is 0 Å². The van der Waals surface area contributed by atoms with Gasteiger partial charge in [-0.2, -0.15) is 0 Å². The summed E-state index contributed by atoms with van der Waals surface area (Å²) in [6.07, 6.45) is 3.76. The third kappa shape index (κ3) is 3.57. The quantitative estimate of drug-likeness (QED) is 0.484. The average molecular weight is 340 g/mol. The van der Waals surface area contributed by atoms with E-state index < -0.39 is 4.92 Å². The molecule has 25 heavy (non-hydrogen) atoms. The van der Waals surface area contributed by atoms with Gasteiger partial charge in [0.15, 0.2) is 0 Å². The zero-order valence-electron chi connectivity index (χ0n) is 13.7. The molecule has 0 saturated carbocycles. The standard InChI is InChI=1S/C19H17FN2O3/c1-13-18-12-16(20)6-5-15(18)10-11-21(13)19(23)9-4-14-2-7-17(8-3-14)22(24)25/h2-9,12-13H,10-11H2,1H3/b9-4+. The zero-order chi connectivity index (χ0) is 18.0. The van der Waals surface area contributed by atoms with Crippen molar-refractivity contribution in [3.63, 3.8) is 0 Å². The Morgan fingerprint density at radius 2 is 2.00 bits per heavy atom.